The smallest absolute Gasteiger partial charge is 0.00694 e. The molecular weight excluding hydrogens is 164 g/mol. The van der Waals surface area contributed by atoms with Gasteiger partial charge in [0.25, 0.3) is 0 Å². The molecule has 0 aromatic carbocycles. The molecule has 0 bridgehead atoms. The Morgan fingerprint density at radius 2 is 1.58 bits per heavy atom. The third kappa shape index (κ3) is 1.81. The highest BCUT2D eigenvalue weighted by molar-refractivity contribution is 7.80. The summed E-state index contributed by atoms with van der Waals surface area (Å²) in [6, 6.07) is 0. The molecule has 70 valence electrons. The Morgan fingerprint density at radius 1 is 0.917 bits per heavy atom. The van der Waals surface area contributed by atoms with Gasteiger partial charge in [-0.2, -0.15) is 12.6 Å². The molecule has 0 aromatic heterocycles. The summed E-state index contributed by atoms with van der Waals surface area (Å²) in [5.41, 5.74) is 0. The van der Waals surface area contributed by atoms with Gasteiger partial charge in [0.1, 0.15) is 0 Å². The van der Waals surface area contributed by atoms with Crippen LogP contribution >= 0.6 is 12.6 Å². The second-order valence-electron chi connectivity index (χ2n) is 4.67. The molecule has 1 heteroatoms. The highest BCUT2D eigenvalue weighted by atomic mass is 32.1. The Balaban J connectivity index is 1.81. The van der Waals surface area contributed by atoms with E-state index in [1.54, 1.807) is 0 Å². The molecule has 2 fully saturated rings. The average molecular weight is 184 g/mol. The first-order valence-corrected chi connectivity index (χ1v) is 6.14. The highest BCUT2D eigenvalue weighted by Gasteiger charge is 2.30. The molecule has 0 aliphatic heterocycles. The first-order valence-electron chi connectivity index (χ1n) is 5.51. The Bertz CT molecular complexity index is 140. The maximum atomic E-state index is 4.42. The lowest BCUT2D eigenvalue weighted by Gasteiger charge is -2.38. The second kappa shape index (κ2) is 4.04. The van der Waals surface area contributed by atoms with Gasteiger partial charge in [-0.05, 0) is 36.3 Å². The van der Waals surface area contributed by atoms with Gasteiger partial charge in [-0.1, -0.05) is 32.1 Å². The summed E-state index contributed by atoms with van der Waals surface area (Å²) < 4.78 is 0. The lowest BCUT2D eigenvalue weighted by atomic mass is 9.68. The standard InChI is InChI=1S/C11H20S/c12-8-9-3-1-6-11(7-9)10-4-2-5-10/h9-12H,1-8H2. The van der Waals surface area contributed by atoms with Crippen molar-refractivity contribution in [3.63, 3.8) is 0 Å². The van der Waals surface area contributed by atoms with Crippen LogP contribution in [0.5, 0.6) is 0 Å². The average Bonchev–Trinajstić information content (AvgIpc) is 2.02. The molecule has 0 radical (unpaired) electrons. The first-order chi connectivity index (χ1) is 5.90. The van der Waals surface area contributed by atoms with Gasteiger partial charge in [0.2, 0.25) is 0 Å². The maximum absolute atomic E-state index is 4.42. The topological polar surface area (TPSA) is 0 Å². The SMILES string of the molecule is SCC1CCCC(C2CCC2)C1. The third-order valence-corrected chi connectivity index (χ3v) is 4.41. The molecule has 2 aliphatic carbocycles. The van der Waals surface area contributed by atoms with Crippen molar-refractivity contribution in [2.75, 3.05) is 5.75 Å². The lowest BCUT2D eigenvalue weighted by molar-refractivity contribution is 0.138. The van der Waals surface area contributed by atoms with Crippen LogP contribution < -0.4 is 0 Å². The predicted octanol–water partition coefficient (Wildman–Crippen LogP) is 3.52. The van der Waals surface area contributed by atoms with Crippen LogP contribution in [0.25, 0.3) is 0 Å². The van der Waals surface area contributed by atoms with Crippen LogP contribution in [0.15, 0.2) is 0 Å². The molecule has 2 unspecified atom stereocenters. The van der Waals surface area contributed by atoms with Crippen LogP contribution in [0.4, 0.5) is 0 Å². The van der Waals surface area contributed by atoms with Gasteiger partial charge in [-0.25, -0.2) is 0 Å². The molecular formula is C11H20S. The Kier molecular flexibility index (Phi) is 3.00. The van der Waals surface area contributed by atoms with E-state index >= 15 is 0 Å². The largest absolute Gasteiger partial charge is 0.179 e. The molecule has 2 aliphatic rings. The molecule has 0 heterocycles. The third-order valence-electron chi connectivity index (χ3n) is 3.90. The van der Waals surface area contributed by atoms with E-state index in [4.69, 9.17) is 0 Å². The van der Waals surface area contributed by atoms with Crippen molar-refractivity contribution in [2.24, 2.45) is 17.8 Å². The predicted molar refractivity (Wildman–Crippen MR) is 56.6 cm³/mol. The summed E-state index contributed by atoms with van der Waals surface area (Å²) in [6.07, 6.45) is 10.5. The van der Waals surface area contributed by atoms with Gasteiger partial charge >= 0.3 is 0 Å². The number of thiol groups is 1. The van der Waals surface area contributed by atoms with Gasteiger partial charge in [-0.3, -0.25) is 0 Å². The normalized spacial score (nSPS) is 37.8. The van der Waals surface area contributed by atoms with Crippen molar-refractivity contribution in [3.8, 4) is 0 Å². The molecule has 0 nitrogen and oxygen atoms in total. The quantitative estimate of drug-likeness (QED) is 0.624. The van der Waals surface area contributed by atoms with Crippen molar-refractivity contribution in [1.82, 2.24) is 0 Å². The first kappa shape index (κ1) is 8.93. The van der Waals surface area contributed by atoms with E-state index in [1.165, 1.54) is 44.9 Å². The summed E-state index contributed by atoms with van der Waals surface area (Å²) in [5.74, 6) is 4.29. The van der Waals surface area contributed by atoms with Crippen molar-refractivity contribution in [3.05, 3.63) is 0 Å². The van der Waals surface area contributed by atoms with Gasteiger partial charge < -0.3 is 0 Å². The zero-order valence-corrected chi connectivity index (χ0v) is 8.73. The number of hydrogen-bond donors (Lipinski definition) is 1. The number of rotatable bonds is 2. The van der Waals surface area contributed by atoms with E-state index in [0.717, 1.165) is 23.5 Å². The van der Waals surface area contributed by atoms with E-state index in [-0.39, 0.29) is 0 Å². The van der Waals surface area contributed by atoms with Gasteiger partial charge in [0, 0.05) is 0 Å². The van der Waals surface area contributed by atoms with E-state index in [0.29, 0.717) is 0 Å². The molecule has 2 rings (SSSR count). The van der Waals surface area contributed by atoms with E-state index < -0.39 is 0 Å². The van der Waals surface area contributed by atoms with Gasteiger partial charge in [0.05, 0.1) is 0 Å². The maximum Gasteiger partial charge on any atom is -0.00694 e. The van der Waals surface area contributed by atoms with E-state index in [2.05, 4.69) is 12.6 Å². The van der Waals surface area contributed by atoms with Crippen molar-refractivity contribution in [1.29, 1.82) is 0 Å². The zero-order valence-electron chi connectivity index (χ0n) is 7.84. The summed E-state index contributed by atoms with van der Waals surface area (Å²) in [6.45, 7) is 0. The minimum Gasteiger partial charge on any atom is -0.179 e. The van der Waals surface area contributed by atoms with Crippen LogP contribution in [0.3, 0.4) is 0 Å². The Hall–Kier alpha value is 0.350. The molecule has 0 aromatic rings. The fourth-order valence-corrected chi connectivity index (χ4v) is 3.17. The van der Waals surface area contributed by atoms with Crippen LogP contribution in [-0.2, 0) is 0 Å². The fourth-order valence-electron chi connectivity index (χ4n) is 2.84. The van der Waals surface area contributed by atoms with Gasteiger partial charge in [-0.15, -0.1) is 0 Å². The molecule has 0 saturated heterocycles. The lowest BCUT2D eigenvalue weighted by Crippen LogP contribution is -2.27. The fraction of sp³-hybridized carbons (Fsp3) is 1.00. The minimum atomic E-state index is 0.952. The highest BCUT2D eigenvalue weighted by Crippen LogP contribution is 2.42. The van der Waals surface area contributed by atoms with E-state index in [1.807, 2.05) is 0 Å². The molecule has 0 spiro atoms. The Labute approximate surface area is 81.5 Å². The van der Waals surface area contributed by atoms with Gasteiger partial charge in [0.15, 0.2) is 0 Å². The number of hydrogen-bond acceptors (Lipinski definition) is 1. The molecule has 2 saturated carbocycles. The Morgan fingerprint density at radius 3 is 2.17 bits per heavy atom. The van der Waals surface area contributed by atoms with Crippen molar-refractivity contribution in [2.45, 2.75) is 44.9 Å². The van der Waals surface area contributed by atoms with Crippen LogP contribution in [0.2, 0.25) is 0 Å². The molecule has 0 amide bonds. The van der Waals surface area contributed by atoms with Crippen molar-refractivity contribution < 1.29 is 0 Å². The minimum absolute atomic E-state index is 0.952. The van der Waals surface area contributed by atoms with Crippen LogP contribution in [0.1, 0.15) is 44.9 Å². The second-order valence-corrected chi connectivity index (χ2v) is 5.03. The summed E-state index contributed by atoms with van der Waals surface area (Å²) in [7, 11) is 0. The zero-order chi connectivity index (χ0) is 8.39. The van der Waals surface area contributed by atoms with Crippen LogP contribution in [0, 0.1) is 17.8 Å². The molecule has 12 heavy (non-hydrogen) atoms. The van der Waals surface area contributed by atoms with Crippen LogP contribution in [-0.4, -0.2) is 5.75 Å². The summed E-state index contributed by atoms with van der Waals surface area (Å²) in [5, 5.41) is 0. The summed E-state index contributed by atoms with van der Waals surface area (Å²) in [4.78, 5) is 0. The summed E-state index contributed by atoms with van der Waals surface area (Å²) >= 11 is 4.42. The monoisotopic (exact) mass is 184 g/mol. The molecule has 0 N–H and O–H groups in total. The van der Waals surface area contributed by atoms with Crippen molar-refractivity contribution >= 4 is 12.6 Å². The molecule has 2 atom stereocenters. The van der Waals surface area contributed by atoms with E-state index in [9.17, 15) is 0 Å².